The largest absolute Gasteiger partial charge is 0.465 e. The third-order valence-electron chi connectivity index (χ3n) is 5.70. The average Bonchev–Trinajstić information content (AvgIpc) is 3.36. The first-order valence-corrected chi connectivity index (χ1v) is 9.30. The molecule has 2 heterocycles. The van der Waals surface area contributed by atoms with Crippen molar-refractivity contribution in [2.45, 2.75) is 56.5 Å². The lowest BCUT2D eigenvalue weighted by molar-refractivity contribution is -0.0484. The lowest BCUT2D eigenvalue weighted by atomic mass is 9.81. The van der Waals surface area contributed by atoms with Gasteiger partial charge in [0.2, 0.25) is 5.92 Å². The molecule has 7 nitrogen and oxygen atoms in total. The molecule has 2 atom stereocenters. The highest BCUT2D eigenvalue weighted by Crippen LogP contribution is 2.42. The van der Waals surface area contributed by atoms with Crippen molar-refractivity contribution in [2.75, 3.05) is 0 Å². The molecular formula is C18H24ClF2N5O2. The van der Waals surface area contributed by atoms with Crippen molar-refractivity contribution in [3.8, 4) is 0 Å². The van der Waals surface area contributed by atoms with E-state index in [0.717, 1.165) is 18.4 Å². The van der Waals surface area contributed by atoms with E-state index in [1.165, 1.54) is 0 Å². The number of alkyl halides is 2. The Morgan fingerprint density at radius 2 is 1.96 bits per heavy atom. The fourth-order valence-corrected chi connectivity index (χ4v) is 3.94. The summed E-state index contributed by atoms with van der Waals surface area (Å²) in [7, 11) is 0. The Bertz CT molecular complexity index is 848. The smallest absolute Gasteiger partial charge is 0.405 e. The fraction of sp³-hybridized carbons (Fsp3) is 0.611. The van der Waals surface area contributed by atoms with Crippen molar-refractivity contribution >= 4 is 24.1 Å². The number of nitrogens with one attached hydrogen (secondary N) is 1. The molecule has 4 N–H and O–H groups in total. The van der Waals surface area contributed by atoms with E-state index >= 15 is 0 Å². The van der Waals surface area contributed by atoms with Gasteiger partial charge < -0.3 is 16.2 Å². The summed E-state index contributed by atoms with van der Waals surface area (Å²) < 4.78 is 28.3. The van der Waals surface area contributed by atoms with Gasteiger partial charge in [0.05, 0.1) is 30.2 Å². The maximum absolute atomic E-state index is 13.4. The van der Waals surface area contributed by atoms with E-state index in [-0.39, 0.29) is 43.1 Å². The zero-order chi connectivity index (χ0) is 19.2. The molecule has 0 spiro atoms. The summed E-state index contributed by atoms with van der Waals surface area (Å²) in [6.45, 7) is 0. The molecule has 2 fully saturated rings. The predicted octanol–water partition coefficient (Wildman–Crippen LogP) is 3.70. The number of carboxylic acid groups (broad SMARTS) is 1. The first-order valence-electron chi connectivity index (χ1n) is 9.30. The van der Waals surface area contributed by atoms with Gasteiger partial charge in [0.15, 0.2) is 5.65 Å². The van der Waals surface area contributed by atoms with E-state index in [0.29, 0.717) is 24.2 Å². The third-order valence-corrected chi connectivity index (χ3v) is 5.70. The zero-order valence-electron chi connectivity index (χ0n) is 15.2. The second-order valence-corrected chi connectivity index (χ2v) is 7.74. The number of amides is 1. The highest BCUT2D eigenvalue weighted by Gasteiger charge is 2.38. The van der Waals surface area contributed by atoms with Gasteiger partial charge in [-0.05, 0) is 49.1 Å². The molecule has 0 saturated heterocycles. The van der Waals surface area contributed by atoms with Crippen molar-refractivity contribution in [3.05, 3.63) is 29.7 Å². The van der Waals surface area contributed by atoms with E-state index in [2.05, 4.69) is 15.4 Å². The summed E-state index contributed by atoms with van der Waals surface area (Å²) >= 11 is 0. The van der Waals surface area contributed by atoms with E-state index in [1.807, 2.05) is 6.07 Å². The summed E-state index contributed by atoms with van der Waals surface area (Å²) in [4.78, 5) is 15.6. The Balaban J connectivity index is 0.00000225. The molecule has 2 saturated carbocycles. The van der Waals surface area contributed by atoms with Crippen molar-refractivity contribution in [1.82, 2.24) is 19.9 Å². The van der Waals surface area contributed by atoms with Crippen LogP contribution in [0.15, 0.2) is 18.5 Å². The number of carbonyl (C=O) groups is 1. The third kappa shape index (κ3) is 4.35. The van der Waals surface area contributed by atoms with Crippen LogP contribution >= 0.6 is 12.4 Å². The molecule has 0 aliphatic heterocycles. The minimum Gasteiger partial charge on any atom is -0.465 e. The Hall–Kier alpha value is -2.00. The van der Waals surface area contributed by atoms with Crippen LogP contribution in [-0.4, -0.2) is 31.7 Å². The van der Waals surface area contributed by atoms with Gasteiger partial charge in [-0.1, -0.05) is 0 Å². The summed E-state index contributed by atoms with van der Waals surface area (Å²) in [5, 5.41) is 16.0. The Labute approximate surface area is 167 Å². The number of hydrogen-bond acceptors (Lipinski definition) is 4. The van der Waals surface area contributed by atoms with E-state index in [1.54, 1.807) is 16.9 Å². The molecule has 0 radical (unpaired) electrons. The van der Waals surface area contributed by atoms with Gasteiger partial charge >= 0.3 is 6.09 Å². The highest BCUT2D eigenvalue weighted by atomic mass is 35.5. The maximum atomic E-state index is 13.4. The van der Waals surface area contributed by atoms with Crippen LogP contribution in [0.2, 0.25) is 0 Å². The van der Waals surface area contributed by atoms with Gasteiger partial charge in [-0.3, -0.25) is 0 Å². The van der Waals surface area contributed by atoms with Gasteiger partial charge in [0.1, 0.15) is 0 Å². The van der Waals surface area contributed by atoms with Crippen LogP contribution in [0.25, 0.3) is 5.65 Å². The molecule has 0 bridgehead atoms. The molecule has 0 aromatic carbocycles. The van der Waals surface area contributed by atoms with Gasteiger partial charge in [0.25, 0.3) is 0 Å². The molecule has 1 amide bonds. The number of aromatic nitrogens is 3. The van der Waals surface area contributed by atoms with Crippen molar-refractivity contribution in [2.24, 2.45) is 17.6 Å². The lowest BCUT2D eigenvalue weighted by Crippen LogP contribution is -2.31. The predicted molar refractivity (Wildman–Crippen MR) is 101 cm³/mol. The second kappa shape index (κ2) is 7.79. The van der Waals surface area contributed by atoms with Crippen LogP contribution < -0.4 is 11.1 Å². The normalized spacial score (nSPS) is 21.7. The van der Waals surface area contributed by atoms with Crippen molar-refractivity contribution in [3.63, 3.8) is 0 Å². The van der Waals surface area contributed by atoms with Crippen LogP contribution in [0.3, 0.4) is 0 Å². The molecular weight excluding hydrogens is 392 g/mol. The molecule has 2 aliphatic rings. The number of fused-ring (bicyclic) bond motifs is 1. The minimum absolute atomic E-state index is 0. The van der Waals surface area contributed by atoms with Gasteiger partial charge in [-0.2, -0.15) is 5.10 Å². The molecule has 2 aliphatic carbocycles. The standard InChI is InChI=1S/C18H23F2N5O2.ClH/c19-18(20)5-3-10(4-6-18)15(21)13-9-25-14(23-13)7-12(8-22-25)16(11-1-2-11)24-17(26)27;/h7-11,15-16,24H,1-6,21H2,(H,26,27);1H. The SMILES string of the molecule is Cl.NC(c1cn2ncc(C(NC(=O)O)C3CC3)cc2n1)C1CCC(F)(F)CC1. The minimum atomic E-state index is -2.58. The van der Waals surface area contributed by atoms with Gasteiger partial charge in [0, 0.05) is 12.8 Å². The van der Waals surface area contributed by atoms with Crippen LogP contribution in [0.4, 0.5) is 13.6 Å². The summed E-state index contributed by atoms with van der Waals surface area (Å²) in [5.41, 5.74) is 8.29. The number of imidazole rings is 1. The van der Waals surface area contributed by atoms with Crippen LogP contribution in [0, 0.1) is 11.8 Å². The molecule has 2 aromatic heterocycles. The van der Waals surface area contributed by atoms with Crippen molar-refractivity contribution < 1.29 is 18.7 Å². The fourth-order valence-electron chi connectivity index (χ4n) is 3.94. The Morgan fingerprint density at radius 1 is 1.29 bits per heavy atom. The molecule has 2 unspecified atom stereocenters. The number of rotatable bonds is 5. The highest BCUT2D eigenvalue weighted by molar-refractivity contribution is 5.85. The van der Waals surface area contributed by atoms with Gasteiger partial charge in [-0.15, -0.1) is 12.4 Å². The number of nitrogens with two attached hydrogens (primary N) is 1. The maximum Gasteiger partial charge on any atom is 0.405 e. The van der Waals surface area contributed by atoms with Crippen LogP contribution in [-0.2, 0) is 0 Å². The first-order chi connectivity index (χ1) is 12.8. The molecule has 154 valence electrons. The topological polar surface area (TPSA) is 106 Å². The number of hydrogen-bond donors (Lipinski definition) is 3. The summed E-state index contributed by atoms with van der Waals surface area (Å²) in [6, 6.07) is 1.11. The van der Waals surface area contributed by atoms with E-state index < -0.39 is 18.1 Å². The number of nitrogens with zero attached hydrogens (tertiary/aromatic N) is 3. The van der Waals surface area contributed by atoms with E-state index in [4.69, 9.17) is 10.8 Å². The quantitative estimate of drug-likeness (QED) is 0.690. The zero-order valence-corrected chi connectivity index (χ0v) is 16.0. The summed E-state index contributed by atoms with van der Waals surface area (Å²) in [5.74, 6) is -2.33. The summed E-state index contributed by atoms with van der Waals surface area (Å²) in [6.07, 6.45) is 4.76. The van der Waals surface area contributed by atoms with Crippen molar-refractivity contribution in [1.29, 1.82) is 0 Å². The number of halogens is 3. The molecule has 28 heavy (non-hydrogen) atoms. The Morgan fingerprint density at radius 3 is 2.57 bits per heavy atom. The molecule has 4 rings (SSSR count). The molecule has 2 aromatic rings. The second-order valence-electron chi connectivity index (χ2n) is 7.74. The van der Waals surface area contributed by atoms with E-state index in [9.17, 15) is 13.6 Å². The first kappa shape index (κ1) is 20.7. The molecule has 10 heteroatoms. The van der Waals surface area contributed by atoms with Crippen LogP contribution in [0.1, 0.15) is 61.9 Å². The average molecular weight is 416 g/mol. The lowest BCUT2D eigenvalue weighted by Gasteiger charge is -2.31. The Kier molecular flexibility index (Phi) is 5.77. The van der Waals surface area contributed by atoms with Gasteiger partial charge in [-0.25, -0.2) is 23.1 Å². The monoisotopic (exact) mass is 415 g/mol. The van der Waals surface area contributed by atoms with Crippen LogP contribution in [0.5, 0.6) is 0 Å².